The van der Waals surface area contributed by atoms with Gasteiger partial charge in [-0.3, -0.25) is 4.68 Å². The molecule has 0 bridgehead atoms. The molecule has 0 aliphatic heterocycles. The van der Waals surface area contributed by atoms with Crippen LogP contribution in [0.2, 0.25) is 0 Å². The second-order valence-electron chi connectivity index (χ2n) is 8.77. The first-order valence-corrected chi connectivity index (χ1v) is 11.3. The molecule has 0 saturated heterocycles. The first-order chi connectivity index (χ1) is 15.5. The Morgan fingerprint density at radius 2 is 1.94 bits per heavy atom. The monoisotopic (exact) mass is 431 g/mol. The Labute approximate surface area is 187 Å². The van der Waals surface area contributed by atoms with Gasteiger partial charge in [0.15, 0.2) is 17.0 Å². The van der Waals surface area contributed by atoms with Crippen LogP contribution in [0.15, 0.2) is 18.7 Å². The molecule has 166 valence electrons. The highest BCUT2D eigenvalue weighted by Gasteiger charge is 2.27. The average Bonchev–Trinajstić information content (AvgIpc) is 3.31. The van der Waals surface area contributed by atoms with E-state index in [2.05, 4.69) is 62.3 Å². The molecule has 0 aromatic carbocycles. The topological polar surface area (TPSA) is 99.2 Å². The summed E-state index contributed by atoms with van der Waals surface area (Å²) in [6.07, 6.45) is 8.17. The summed E-state index contributed by atoms with van der Waals surface area (Å²) in [7, 11) is 2.05. The van der Waals surface area contributed by atoms with Crippen molar-refractivity contribution in [1.29, 1.82) is 0 Å². The van der Waals surface area contributed by atoms with Crippen molar-refractivity contribution >= 4 is 17.0 Å². The van der Waals surface area contributed by atoms with Gasteiger partial charge in [0.1, 0.15) is 18.0 Å². The molecule has 0 amide bonds. The van der Waals surface area contributed by atoms with Gasteiger partial charge in [-0.25, -0.2) is 24.9 Å². The maximum Gasteiger partial charge on any atom is 0.165 e. The molecule has 1 N–H and O–H groups in total. The van der Waals surface area contributed by atoms with E-state index in [1.54, 1.807) is 6.33 Å². The Bertz CT molecular complexity index is 1270. The van der Waals surface area contributed by atoms with Crippen LogP contribution < -0.4 is 5.32 Å². The summed E-state index contributed by atoms with van der Waals surface area (Å²) in [4.78, 5) is 22.7. The number of nitrogens with one attached hydrogen (secondary N) is 1. The van der Waals surface area contributed by atoms with Crippen molar-refractivity contribution in [3.8, 4) is 11.4 Å². The van der Waals surface area contributed by atoms with Crippen molar-refractivity contribution in [2.24, 2.45) is 7.05 Å². The van der Waals surface area contributed by atoms with Crippen LogP contribution in [0.5, 0.6) is 0 Å². The van der Waals surface area contributed by atoms with Gasteiger partial charge < -0.3 is 9.88 Å². The maximum atomic E-state index is 4.92. The molecular formula is C23H29N9. The Morgan fingerprint density at radius 3 is 2.66 bits per heavy atom. The maximum absolute atomic E-state index is 4.92. The van der Waals surface area contributed by atoms with Crippen LogP contribution >= 0.6 is 0 Å². The molecule has 0 spiro atoms. The Morgan fingerprint density at radius 1 is 1.16 bits per heavy atom. The molecule has 1 aliphatic rings. The number of aromatic nitrogens is 8. The SMILES string of the molecule is CCn1c(-c2cnc(C)nc2)nc2c(NC3CCc4nn(C)c(C(C)C)c4C3)ncnc21. The van der Waals surface area contributed by atoms with Crippen LogP contribution in [0, 0.1) is 6.92 Å². The smallest absolute Gasteiger partial charge is 0.165 e. The van der Waals surface area contributed by atoms with E-state index in [1.807, 2.05) is 19.3 Å². The van der Waals surface area contributed by atoms with Gasteiger partial charge in [0.05, 0.1) is 11.3 Å². The zero-order valence-corrected chi connectivity index (χ0v) is 19.3. The number of anilines is 1. The van der Waals surface area contributed by atoms with E-state index >= 15 is 0 Å². The van der Waals surface area contributed by atoms with Gasteiger partial charge >= 0.3 is 0 Å². The van der Waals surface area contributed by atoms with Crippen molar-refractivity contribution < 1.29 is 0 Å². The van der Waals surface area contributed by atoms with Crippen molar-refractivity contribution in [3.63, 3.8) is 0 Å². The van der Waals surface area contributed by atoms with Gasteiger partial charge in [-0.2, -0.15) is 5.10 Å². The van der Waals surface area contributed by atoms with E-state index < -0.39 is 0 Å². The van der Waals surface area contributed by atoms with Crippen LogP contribution in [-0.4, -0.2) is 45.3 Å². The van der Waals surface area contributed by atoms with Crippen molar-refractivity contribution in [2.75, 3.05) is 5.32 Å². The van der Waals surface area contributed by atoms with Crippen molar-refractivity contribution in [2.45, 2.75) is 65.5 Å². The molecular weight excluding hydrogens is 402 g/mol. The third-order valence-corrected chi connectivity index (χ3v) is 6.23. The fourth-order valence-corrected chi connectivity index (χ4v) is 4.83. The molecule has 5 rings (SSSR count). The number of hydrogen-bond acceptors (Lipinski definition) is 7. The normalized spacial score (nSPS) is 16.0. The van der Waals surface area contributed by atoms with E-state index in [0.717, 1.165) is 60.0 Å². The molecule has 1 atom stereocenters. The lowest BCUT2D eigenvalue weighted by Gasteiger charge is -2.24. The molecule has 4 aromatic heterocycles. The van der Waals surface area contributed by atoms with Crippen LogP contribution in [0.3, 0.4) is 0 Å². The molecule has 4 aromatic rings. The fraction of sp³-hybridized carbons (Fsp3) is 0.478. The fourth-order valence-electron chi connectivity index (χ4n) is 4.83. The summed E-state index contributed by atoms with van der Waals surface area (Å²) in [5, 5.41) is 8.44. The van der Waals surface area contributed by atoms with Crippen molar-refractivity contribution in [1.82, 2.24) is 39.3 Å². The molecule has 9 nitrogen and oxygen atoms in total. The van der Waals surface area contributed by atoms with Gasteiger partial charge in [-0.15, -0.1) is 0 Å². The van der Waals surface area contributed by atoms with Gasteiger partial charge in [-0.1, -0.05) is 13.8 Å². The number of fused-ring (bicyclic) bond motifs is 2. The van der Waals surface area contributed by atoms with E-state index in [9.17, 15) is 0 Å². The number of nitrogens with zero attached hydrogens (tertiary/aromatic N) is 8. The van der Waals surface area contributed by atoms with E-state index in [0.29, 0.717) is 5.92 Å². The highest BCUT2D eigenvalue weighted by molar-refractivity contribution is 5.86. The summed E-state index contributed by atoms with van der Waals surface area (Å²) < 4.78 is 4.15. The summed E-state index contributed by atoms with van der Waals surface area (Å²) in [6, 6.07) is 0.278. The molecule has 1 aliphatic carbocycles. The Kier molecular flexibility index (Phi) is 5.11. The van der Waals surface area contributed by atoms with Crippen molar-refractivity contribution in [3.05, 3.63) is 41.5 Å². The van der Waals surface area contributed by atoms with Gasteiger partial charge in [0.25, 0.3) is 0 Å². The largest absolute Gasteiger partial charge is 0.365 e. The van der Waals surface area contributed by atoms with Crippen LogP contribution in [0.4, 0.5) is 5.82 Å². The standard InChI is InChI=1S/C23H29N9/c1-6-32-22(15-10-24-14(4)25-11-15)29-19-21(26-12-27-23(19)32)28-16-7-8-18-17(9-16)20(13(2)3)31(5)30-18/h10-13,16H,6-9H2,1-5H3,(H,26,27,28). The van der Waals surface area contributed by atoms with Gasteiger partial charge in [-0.05, 0) is 44.6 Å². The first kappa shape index (κ1) is 20.5. The third-order valence-electron chi connectivity index (χ3n) is 6.23. The third kappa shape index (κ3) is 3.41. The second kappa shape index (κ2) is 7.96. The number of aryl methyl sites for hydroxylation is 4. The summed E-state index contributed by atoms with van der Waals surface area (Å²) in [6.45, 7) is 9.18. The minimum atomic E-state index is 0.278. The summed E-state index contributed by atoms with van der Waals surface area (Å²) in [5.41, 5.74) is 6.43. The number of rotatable bonds is 5. The lowest BCUT2D eigenvalue weighted by atomic mass is 9.89. The predicted octanol–water partition coefficient (Wildman–Crippen LogP) is 3.44. The highest BCUT2D eigenvalue weighted by Crippen LogP contribution is 2.31. The van der Waals surface area contributed by atoms with E-state index in [1.165, 1.54) is 17.0 Å². The molecule has 32 heavy (non-hydrogen) atoms. The lowest BCUT2D eigenvalue weighted by molar-refractivity contribution is 0.598. The highest BCUT2D eigenvalue weighted by atomic mass is 15.3. The zero-order chi connectivity index (χ0) is 22.4. The summed E-state index contributed by atoms with van der Waals surface area (Å²) in [5.74, 6) is 2.77. The first-order valence-electron chi connectivity index (χ1n) is 11.3. The van der Waals surface area contributed by atoms with E-state index in [4.69, 9.17) is 10.1 Å². The molecule has 0 fully saturated rings. The van der Waals surface area contributed by atoms with Gasteiger partial charge in [0, 0.05) is 37.7 Å². The lowest BCUT2D eigenvalue weighted by Crippen LogP contribution is -2.28. The van der Waals surface area contributed by atoms with Gasteiger partial charge in [0.2, 0.25) is 0 Å². The average molecular weight is 432 g/mol. The Balaban J connectivity index is 1.50. The summed E-state index contributed by atoms with van der Waals surface area (Å²) >= 11 is 0. The molecule has 9 heteroatoms. The number of hydrogen-bond donors (Lipinski definition) is 1. The van der Waals surface area contributed by atoms with Crippen LogP contribution in [0.1, 0.15) is 55.9 Å². The predicted molar refractivity (Wildman–Crippen MR) is 123 cm³/mol. The second-order valence-corrected chi connectivity index (χ2v) is 8.77. The van der Waals surface area contributed by atoms with Crippen LogP contribution in [-0.2, 0) is 26.4 Å². The molecule has 0 radical (unpaired) electrons. The minimum Gasteiger partial charge on any atom is -0.365 e. The molecule has 4 heterocycles. The number of imidazole rings is 1. The zero-order valence-electron chi connectivity index (χ0n) is 19.3. The molecule has 0 saturated carbocycles. The minimum absolute atomic E-state index is 0.278. The quantitative estimate of drug-likeness (QED) is 0.517. The molecule has 1 unspecified atom stereocenters. The van der Waals surface area contributed by atoms with E-state index in [-0.39, 0.29) is 6.04 Å². The van der Waals surface area contributed by atoms with Crippen LogP contribution in [0.25, 0.3) is 22.6 Å². The Hall–Kier alpha value is -3.36.